The van der Waals surface area contributed by atoms with Crippen molar-refractivity contribution >= 4 is 17.3 Å². The zero-order valence-corrected chi connectivity index (χ0v) is 12.0. The lowest BCUT2D eigenvalue weighted by atomic mass is 10.1. The van der Waals surface area contributed by atoms with Gasteiger partial charge in [0.25, 0.3) is 0 Å². The highest BCUT2D eigenvalue weighted by molar-refractivity contribution is 6.31. The average molecular weight is 268 g/mol. The summed E-state index contributed by atoms with van der Waals surface area (Å²) in [6, 6.07) is 6.82. The number of likely N-dealkylation sites (N-methyl/N-ethyl adjacent to an activating group) is 1. The van der Waals surface area contributed by atoms with Crippen LogP contribution in [0.2, 0.25) is 5.02 Å². The van der Waals surface area contributed by atoms with E-state index in [0.717, 1.165) is 43.2 Å². The zero-order chi connectivity index (χ0) is 13.1. The normalized spacial score (nSPS) is 21.3. The molecule has 18 heavy (non-hydrogen) atoms. The predicted molar refractivity (Wildman–Crippen MR) is 78.5 cm³/mol. The first-order chi connectivity index (χ1) is 8.61. The Morgan fingerprint density at radius 3 is 2.83 bits per heavy atom. The van der Waals surface area contributed by atoms with Gasteiger partial charge in [-0.05, 0) is 44.6 Å². The van der Waals surface area contributed by atoms with E-state index in [1.54, 1.807) is 0 Å². The van der Waals surface area contributed by atoms with E-state index in [0.29, 0.717) is 6.04 Å². The average Bonchev–Trinajstić information content (AvgIpc) is 2.34. The highest BCUT2D eigenvalue weighted by atomic mass is 35.5. The van der Waals surface area contributed by atoms with Gasteiger partial charge in [0, 0.05) is 36.4 Å². The molecule has 1 aromatic rings. The minimum Gasteiger partial charge on any atom is -0.366 e. The molecule has 2 rings (SSSR count). The Hall–Kier alpha value is -0.770. The molecule has 2 N–H and O–H groups in total. The van der Waals surface area contributed by atoms with Gasteiger partial charge in [0.05, 0.1) is 0 Å². The summed E-state index contributed by atoms with van der Waals surface area (Å²) in [5.41, 5.74) is 8.08. The molecule has 1 aliphatic rings. The van der Waals surface area contributed by atoms with E-state index in [2.05, 4.69) is 35.0 Å². The van der Waals surface area contributed by atoms with Crippen LogP contribution in [0, 0.1) is 6.92 Å². The summed E-state index contributed by atoms with van der Waals surface area (Å²) in [4.78, 5) is 4.81. The molecule has 1 heterocycles. The predicted octanol–water partition coefficient (Wildman–Crippen LogP) is 2.12. The molecule has 0 amide bonds. The fourth-order valence-corrected chi connectivity index (χ4v) is 2.73. The number of piperazine rings is 1. The second-order valence-electron chi connectivity index (χ2n) is 5.12. The molecule has 1 aliphatic heterocycles. The molecule has 1 aromatic carbocycles. The Morgan fingerprint density at radius 1 is 1.39 bits per heavy atom. The number of hydrogen-bond acceptors (Lipinski definition) is 3. The van der Waals surface area contributed by atoms with Crippen LogP contribution in [0.3, 0.4) is 0 Å². The second-order valence-corrected chi connectivity index (χ2v) is 5.53. The van der Waals surface area contributed by atoms with Crippen molar-refractivity contribution in [2.24, 2.45) is 5.73 Å². The van der Waals surface area contributed by atoms with Crippen LogP contribution < -0.4 is 10.6 Å². The third-order valence-corrected chi connectivity index (χ3v) is 4.08. The molecule has 0 aliphatic carbocycles. The lowest BCUT2D eigenvalue weighted by Crippen LogP contribution is -2.52. The van der Waals surface area contributed by atoms with Crippen LogP contribution in [0.15, 0.2) is 18.2 Å². The van der Waals surface area contributed by atoms with Gasteiger partial charge in [0.2, 0.25) is 0 Å². The minimum absolute atomic E-state index is 0.493. The van der Waals surface area contributed by atoms with E-state index < -0.39 is 0 Å². The molecule has 1 unspecified atom stereocenters. The lowest BCUT2D eigenvalue weighted by molar-refractivity contribution is 0.262. The molecule has 100 valence electrons. The van der Waals surface area contributed by atoms with Crippen molar-refractivity contribution in [2.45, 2.75) is 19.4 Å². The number of rotatable bonds is 3. The van der Waals surface area contributed by atoms with E-state index in [9.17, 15) is 0 Å². The fourth-order valence-electron chi connectivity index (χ4n) is 2.55. The maximum Gasteiger partial charge on any atom is 0.0455 e. The topological polar surface area (TPSA) is 32.5 Å². The summed E-state index contributed by atoms with van der Waals surface area (Å²) in [5.74, 6) is 0. The van der Waals surface area contributed by atoms with E-state index in [1.165, 1.54) is 5.69 Å². The Balaban J connectivity index is 2.20. The second kappa shape index (κ2) is 5.91. The molecule has 0 spiro atoms. The molecule has 0 aromatic heterocycles. The molecule has 0 radical (unpaired) electrons. The van der Waals surface area contributed by atoms with Crippen LogP contribution in [0.1, 0.15) is 12.0 Å². The van der Waals surface area contributed by atoms with Crippen molar-refractivity contribution in [3.05, 3.63) is 28.8 Å². The van der Waals surface area contributed by atoms with Gasteiger partial charge < -0.3 is 15.5 Å². The number of anilines is 1. The van der Waals surface area contributed by atoms with Gasteiger partial charge in [-0.3, -0.25) is 0 Å². The number of aryl methyl sites for hydroxylation is 1. The van der Waals surface area contributed by atoms with Gasteiger partial charge in [-0.1, -0.05) is 17.7 Å². The van der Waals surface area contributed by atoms with Gasteiger partial charge in [0.15, 0.2) is 0 Å². The largest absolute Gasteiger partial charge is 0.366 e. The first-order valence-corrected chi connectivity index (χ1v) is 6.91. The van der Waals surface area contributed by atoms with E-state index in [4.69, 9.17) is 17.3 Å². The first kappa shape index (κ1) is 13.7. The minimum atomic E-state index is 0.493. The maximum absolute atomic E-state index is 6.22. The van der Waals surface area contributed by atoms with Gasteiger partial charge in [-0.2, -0.15) is 0 Å². The fraction of sp³-hybridized carbons (Fsp3) is 0.571. The summed E-state index contributed by atoms with van der Waals surface area (Å²) in [5, 5.41) is 0.845. The number of nitrogens with zero attached hydrogens (tertiary/aromatic N) is 2. The van der Waals surface area contributed by atoms with Crippen LogP contribution in [-0.4, -0.2) is 44.2 Å². The van der Waals surface area contributed by atoms with E-state index >= 15 is 0 Å². The molecule has 1 fully saturated rings. The van der Waals surface area contributed by atoms with Crippen LogP contribution in [0.4, 0.5) is 5.69 Å². The van der Waals surface area contributed by atoms with Gasteiger partial charge in [-0.25, -0.2) is 0 Å². The van der Waals surface area contributed by atoms with Crippen molar-refractivity contribution in [2.75, 3.05) is 38.1 Å². The monoisotopic (exact) mass is 267 g/mol. The lowest BCUT2D eigenvalue weighted by Gasteiger charge is -2.41. The van der Waals surface area contributed by atoms with Gasteiger partial charge >= 0.3 is 0 Å². The van der Waals surface area contributed by atoms with Crippen molar-refractivity contribution in [3.63, 3.8) is 0 Å². The highest BCUT2D eigenvalue weighted by Crippen LogP contribution is 2.26. The molecule has 0 bridgehead atoms. The number of nitrogens with two attached hydrogens (primary N) is 1. The molecule has 4 heteroatoms. The molecule has 3 nitrogen and oxygen atoms in total. The van der Waals surface area contributed by atoms with Crippen LogP contribution >= 0.6 is 11.6 Å². The summed E-state index contributed by atoms with van der Waals surface area (Å²) in [6.07, 6.45) is 1.02. The number of halogens is 1. The van der Waals surface area contributed by atoms with Gasteiger partial charge in [0.1, 0.15) is 0 Å². The zero-order valence-electron chi connectivity index (χ0n) is 11.2. The van der Waals surface area contributed by atoms with Crippen molar-refractivity contribution in [3.8, 4) is 0 Å². The number of benzene rings is 1. The Morgan fingerprint density at radius 2 is 2.17 bits per heavy atom. The van der Waals surface area contributed by atoms with Crippen molar-refractivity contribution in [1.82, 2.24) is 4.90 Å². The summed E-state index contributed by atoms with van der Waals surface area (Å²) < 4.78 is 0. The van der Waals surface area contributed by atoms with E-state index in [-0.39, 0.29) is 0 Å². The molecule has 0 saturated carbocycles. The van der Waals surface area contributed by atoms with Crippen LogP contribution in [-0.2, 0) is 0 Å². The molecular weight excluding hydrogens is 246 g/mol. The van der Waals surface area contributed by atoms with Crippen LogP contribution in [0.5, 0.6) is 0 Å². The van der Waals surface area contributed by atoms with Gasteiger partial charge in [-0.15, -0.1) is 0 Å². The smallest absolute Gasteiger partial charge is 0.0455 e. The third kappa shape index (κ3) is 2.97. The van der Waals surface area contributed by atoms with E-state index in [1.807, 2.05) is 6.92 Å². The maximum atomic E-state index is 6.22. The Labute approximate surface area is 115 Å². The molecule has 1 saturated heterocycles. The number of hydrogen-bond donors (Lipinski definition) is 1. The van der Waals surface area contributed by atoms with Crippen molar-refractivity contribution in [1.29, 1.82) is 0 Å². The van der Waals surface area contributed by atoms with Crippen molar-refractivity contribution < 1.29 is 0 Å². The SMILES string of the molecule is Cc1ccc(N2CCN(C)CC2CCN)cc1Cl. The molecular formula is C14H22ClN3. The quantitative estimate of drug-likeness (QED) is 0.911. The highest BCUT2D eigenvalue weighted by Gasteiger charge is 2.24. The standard InChI is InChI=1S/C14H22ClN3/c1-11-3-4-12(9-14(11)15)18-8-7-17(2)10-13(18)5-6-16/h3-4,9,13H,5-8,10,16H2,1-2H3. The summed E-state index contributed by atoms with van der Waals surface area (Å²) in [6.45, 7) is 5.97. The Kier molecular flexibility index (Phi) is 4.49. The first-order valence-electron chi connectivity index (χ1n) is 6.53. The summed E-state index contributed by atoms with van der Waals surface area (Å²) in [7, 11) is 2.17. The van der Waals surface area contributed by atoms with Crippen LogP contribution in [0.25, 0.3) is 0 Å². The Bertz CT molecular complexity index is 408. The molecule has 1 atom stereocenters. The third-order valence-electron chi connectivity index (χ3n) is 3.67. The summed E-state index contributed by atoms with van der Waals surface area (Å²) >= 11 is 6.22.